The highest BCUT2D eigenvalue weighted by Gasteiger charge is 2.19. The Morgan fingerprint density at radius 3 is 2.56 bits per heavy atom. The molecular weight excluding hydrogens is 348 g/mol. The van der Waals surface area contributed by atoms with E-state index in [1.807, 2.05) is 62.4 Å². The summed E-state index contributed by atoms with van der Waals surface area (Å²) < 4.78 is 2.33. The van der Waals surface area contributed by atoms with E-state index in [4.69, 9.17) is 12.2 Å². The fraction of sp³-hybridized carbons (Fsp3) is 0.100. The van der Waals surface area contributed by atoms with Gasteiger partial charge in [0.05, 0.1) is 16.3 Å². The molecule has 0 spiro atoms. The van der Waals surface area contributed by atoms with E-state index in [-0.39, 0.29) is 5.88 Å². The zero-order valence-electron chi connectivity index (χ0n) is 13.9. The number of rotatable bonds is 2. The molecule has 124 valence electrons. The van der Waals surface area contributed by atoms with E-state index in [1.54, 1.807) is 4.57 Å². The normalized spacial score (nSPS) is 14.6. The Bertz CT molecular complexity index is 1090. The smallest absolute Gasteiger partial charge is 0.215 e. The number of aryl methyl sites for hydroxylation is 1. The van der Waals surface area contributed by atoms with Crippen LogP contribution in [0.1, 0.15) is 22.9 Å². The van der Waals surface area contributed by atoms with Crippen LogP contribution in [0.2, 0.25) is 0 Å². The molecule has 1 aliphatic heterocycles. The summed E-state index contributed by atoms with van der Waals surface area (Å²) in [5, 5.41) is 10.7. The minimum absolute atomic E-state index is 0.170. The molecule has 0 amide bonds. The lowest BCUT2D eigenvalue weighted by Gasteiger charge is -2.05. The van der Waals surface area contributed by atoms with E-state index in [9.17, 15) is 5.11 Å². The minimum atomic E-state index is 0.170. The predicted molar refractivity (Wildman–Crippen MR) is 108 cm³/mol. The van der Waals surface area contributed by atoms with Crippen LogP contribution >= 0.6 is 23.6 Å². The molecule has 1 N–H and O–H groups in total. The number of thiazole rings is 1. The molecule has 25 heavy (non-hydrogen) atoms. The van der Waals surface area contributed by atoms with Crippen LogP contribution < -0.4 is 0 Å². The number of aliphatic imine (C=N–C) groups is 1. The van der Waals surface area contributed by atoms with E-state index >= 15 is 0 Å². The Morgan fingerprint density at radius 2 is 1.80 bits per heavy atom. The van der Waals surface area contributed by atoms with Crippen LogP contribution in [-0.2, 0) is 0 Å². The van der Waals surface area contributed by atoms with Gasteiger partial charge < -0.3 is 5.11 Å². The van der Waals surface area contributed by atoms with Crippen molar-refractivity contribution in [2.75, 3.05) is 0 Å². The van der Waals surface area contributed by atoms with Gasteiger partial charge in [-0.1, -0.05) is 35.9 Å². The average Bonchev–Trinajstić information content (AvgIpc) is 3.06. The van der Waals surface area contributed by atoms with Crippen molar-refractivity contribution in [3.63, 3.8) is 0 Å². The lowest BCUT2D eigenvalue weighted by atomic mass is 10.0. The Labute approximate surface area is 155 Å². The summed E-state index contributed by atoms with van der Waals surface area (Å²) in [6.45, 7) is 4.02. The first-order valence-corrected chi connectivity index (χ1v) is 9.15. The number of fused-ring (bicyclic) bond motifs is 1. The third-order valence-electron chi connectivity index (χ3n) is 4.25. The molecule has 5 heteroatoms. The van der Waals surface area contributed by atoms with Crippen molar-refractivity contribution in [3.8, 4) is 11.6 Å². The third kappa shape index (κ3) is 2.75. The van der Waals surface area contributed by atoms with Gasteiger partial charge in [-0.25, -0.2) is 0 Å². The number of allylic oxidation sites excluding steroid dienone is 1. The van der Waals surface area contributed by atoms with Crippen molar-refractivity contribution in [1.82, 2.24) is 4.57 Å². The SMILES string of the molecule is CC1=Nc2ccccc2C1=Cc1sc(=S)n(-c2ccc(C)cc2)c1O. The highest BCUT2D eigenvalue weighted by Crippen LogP contribution is 2.38. The average molecular weight is 364 g/mol. The molecule has 0 radical (unpaired) electrons. The fourth-order valence-electron chi connectivity index (χ4n) is 2.95. The number of aromatic hydroxyl groups is 1. The van der Waals surface area contributed by atoms with Crippen LogP contribution in [0.4, 0.5) is 5.69 Å². The molecule has 0 saturated carbocycles. The molecular formula is C20H16N2OS2. The molecule has 0 aliphatic carbocycles. The molecule has 1 aliphatic rings. The van der Waals surface area contributed by atoms with Gasteiger partial charge in [0, 0.05) is 16.8 Å². The largest absolute Gasteiger partial charge is 0.493 e. The van der Waals surface area contributed by atoms with E-state index in [2.05, 4.69) is 11.1 Å². The van der Waals surface area contributed by atoms with Crippen molar-refractivity contribution >= 4 is 46.6 Å². The molecule has 3 aromatic rings. The molecule has 4 rings (SSSR count). The van der Waals surface area contributed by atoms with Gasteiger partial charge in [0.15, 0.2) is 3.95 Å². The van der Waals surface area contributed by atoms with Crippen LogP contribution in [0.5, 0.6) is 5.88 Å². The summed E-state index contributed by atoms with van der Waals surface area (Å²) in [5.74, 6) is 0.170. The summed E-state index contributed by atoms with van der Waals surface area (Å²) >= 11 is 6.89. The second kappa shape index (κ2) is 6.10. The van der Waals surface area contributed by atoms with Gasteiger partial charge >= 0.3 is 0 Å². The summed E-state index contributed by atoms with van der Waals surface area (Å²) in [6, 6.07) is 16.0. The number of hydrogen-bond acceptors (Lipinski definition) is 4. The molecule has 2 aromatic carbocycles. The van der Waals surface area contributed by atoms with Gasteiger partial charge in [0.25, 0.3) is 0 Å². The Hall–Kier alpha value is -2.50. The quantitative estimate of drug-likeness (QED) is 0.572. The second-order valence-electron chi connectivity index (χ2n) is 6.00. The lowest BCUT2D eigenvalue weighted by molar-refractivity contribution is 0.441. The van der Waals surface area contributed by atoms with Gasteiger partial charge in [-0.2, -0.15) is 0 Å². The summed E-state index contributed by atoms with van der Waals surface area (Å²) in [7, 11) is 0. The van der Waals surface area contributed by atoms with Gasteiger partial charge in [0.1, 0.15) is 0 Å². The summed E-state index contributed by atoms with van der Waals surface area (Å²) in [5.41, 5.74) is 6.06. The maximum atomic E-state index is 10.7. The van der Waals surface area contributed by atoms with Crippen LogP contribution in [0.3, 0.4) is 0 Å². The Kier molecular flexibility index (Phi) is 3.90. The molecule has 0 unspecified atom stereocenters. The summed E-state index contributed by atoms with van der Waals surface area (Å²) in [4.78, 5) is 5.34. The van der Waals surface area contributed by atoms with E-state index in [0.29, 0.717) is 3.95 Å². The summed E-state index contributed by atoms with van der Waals surface area (Å²) in [6.07, 6.45) is 1.98. The lowest BCUT2D eigenvalue weighted by Crippen LogP contribution is -1.93. The van der Waals surface area contributed by atoms with Crippen molar-refractivity contribution < 1.29 is 5.11 Å². The molecule has 0 fully saturated rings. The molecule has 0 saturated heterocycles. The van der Waals surface area contributed by atoms with Crippen molar-refractivity contribution in [1.29, 1.82) is 0 Å². The molecule has 0 atom stereocenters. The number of benzene rings is 2. The van der Waals surface area contributed by atoms with Gasteiger partial charge in [-0.05, 0) is 50.3 Å². The Balaban J connectivity index is 1.84. The minimum Gasteiger partial charge on any atom is -0.493 e. The van der Waals surface area contributed by atoms with E-state index < -0.39 is 0 Å². The monoisotopic (exact) mass is 364 g/mol. The van der Waals surface area contributed by atoms with Gasteiger partial charge in [0.2, 0.25) is 5.88 Å². The number of para-hydroxylation sites is 1. The number of aromatic nitrogens is 1. The first-order valence-electron chi connectivity index (χ1n) is 7.93. The van der Waals surface area contributed by atoms with Gasteiger partial charge in [-0.3, -0.25) is 9.56 Å². The van der Waals surface area contributed by atoms with Crippen molar-refractivity contribution in [3.05, 3.63) is 68.5 Å². The highest BCUT2D eigenvalue weighted by molar-refractivity contribution is 7.73. The van der Waals surface area contributed by atoms with Crippen molar-refractivity contribution in [2.45, 2.75) is 13.8 Å². The Morgan fingerprint density at radius 1 is 1.08 bits per heavy atom. The molecule has 3 nitrogen and oxygen atoms in total. The number of hydrogen-bond donors (Lipinski definition) is 1. The fourth-order valence-corrected chi connectivity index (χ4v) is 4.24. The van der Waals surface area contributed by atoms with Crippen LogP contribution in [0.15, 0.2) is 53.5 Å². The maximum absolute atomic E-state index is 10.7. The first kappa shape index (κ1) is 16.0. The standard InChI is InChI=1S/C20H16N2OS2/c1-12-7-9-14(10-8-12)22-19(23)18(25-20(22)24)11-16-13(2)21-17-6-4-3-5-15(16)17/h3-11,23H,1-2H3. The van der Waals surface area contributed by atoms with Crippen LogP contribution in [-0.4, -0.2) is 15.4 Å². The first-order chi connectivity index (χ1) is 12.0. The maximum Gasteiger partial charge on any atom is 0.215 e. The topological polar surface area (TPSA) is 37.5 Å². The third-order valence-corrected chi connectivity index (χ3v) is 5.56. The second-order valence-corrected chi connectivity index (χ2v) is 7.67. The molecule has 1 aromatic heterocycles. The van der Waals surface area contributed by atoms with E-state index in [0.717, 1.165) is 33.1 Å². The molecule has 0 bridgehead atoms. The molecule has 2 heterocycles. The zero-order valence-corrected chi connectivity index (χ0v) is 15.5. The van der Waals surface area contributed by atoms with Crippen LogP contribution in [0.25, 0.3) is 17.3 Å². The van der Waals surface area contributed by atoms with Gasteiger partial charge in [-0.15, -0.1) is 11.3 Å². The van der Waals surface area contributed by atoms with Crippen LogP contribution in [0, 0.1) is 10.9 Å². The van der Waals surface area contributed by atoms with Crippen molar-refractivity contribution in [2.24, 2.45) is 4.99 Å². The number of nitrogens with zero attached hydrogens (tertiary/aromatic N) is 2. The highest BCUT2D eigenvalue weighted by atomic mass is 32.1. The predicted octanol–water partition coefficient (Wildman–Crippen LogP) is 5.93. The van der Waals surface area contributed by atoms with E-state index in [1.165, 1.54) is 16.9 Å². The zero-order chi connectivity index (χ0) is 17.6.